The van der Waals surface area contributed by atoms with E-state index in [1.165, 1.54) is 11.3 Å². The molecule has 0 unspecified atom stereocenters. The van der Waals surface area contributed by atoms with E-state index in [4.69, 9.17) is 17.3 Å². The summed E-state index contributed by atoms with van der Waals surface area (Å²) in [5, 5.41) is 12.7. The average Bonchev–Trinajstić information content (AvgIpc) is 3.07. The highest BCUT2D eigenvalue weighted by atomic mass is 35.5. The Labute approximate surface area is 166 Å². The summed E-state index contributed by atoms with van der Waals surface area (Å²) in [4.78, 5) is 16.5. The molecule has 1 aromatic carbocycles. The van der Waals surface area contributed by atoms with Crippen molar-refractivity contribution in [3.63, 3.8) is 0 Å². The Kier molecular flexibility index (Phi) is 6.73. The van der Waals surface area contributed by atoms with E-state index in [1.54, 1.807) is 12.3 Å². The molecule has 2 heterocycles. The monoisotopic (exact) mass is 401 g/mol. The molecule has 0 atom stereocenters. The number of anilines is 2. The lowest BCUT2D eigenvalue weighted by molar-refractivity contribution is -0.115. The summed E-state index contributed by atoms with van der Waals surface area (Å²) in [6.07, 6.45) is 5.88. The average molecular weight is 402 g/mol. The molecule has 0 saturated carbocycles. The topological polar surface area (TPSA) is 93.8 Å². The summed E-state index contributed by atoms with van der Waals surface area (Å²) in [6, 6.07) is 11.1. The summed E-state index contributed by atoms with van der Waals surface area (Å²) in [5.74, 6) is 0.403. The van der Waals surface area contributed by atoms with Gasteiger partial charge in [0.25, 0.3) is 0 Å². The first-order chi connectivity index (χ1) is 13.1. The lowest BCUT2D eigenvalue weighted by atomic mass is 10.1. The minimum atomic E-state index is -0.139. The van der Waals surface area contributed by atoms with Crippen LogP contribution in [0.3, 0.4) is 0 Å². The highest BCUT2D eigenvalue weighted by Gasteiger charge is 2.08. The maximum atomic E-state index is 12.1. The van der Waals surface area contributed by atoms with Crippen molar-refractivity contribution in [2.24, 2.45) is 0 Å². The fraction of sp³-hybridized carbons (Fsp3) is 0.263. The van der Waals surface area contributed by atoms with Gasteiger partial charge in [-0.1, -0.05) is 47.2 Å². The lowest BCUT2D eigenvalue weighted by Crippen LogP contribution is -2.15. The molecule has 8 heteroatoms. The molecule has 0 fully saturated rings. The van der Waals surface area contributed by atoms with Gasteiger partial charge in [-0.15, -0.1) is 10.2 Å². The van der Waals surface area contributed by atoms with Gasteiger partial charge in [-0.25, -0.2) is 4.98 Å². The van der Waals surface area contributed by atoms with Crippen LogP contribution in [0.5, 0.6) is 0 Å². The number of hydrogen-bond acceptors (Lipinski definition) is 6. The van der Waals surface area contributed by atoms with Gasteiger partial charge in [0.05, 0.1) is 6.42 Å². The van der Waals surface area contributed by atoms with Crippen LogP contribution in [-0.4, -0.2) is 21.1 Å². The molecule has 1 amide bonds. The van der Waals surface area contributed by atoms with Gasteiger partial charge in [0.15, 0.2) is 0 Å². The van der Waals surface area contributed by atoms with Crippen LogP contribution in [0.15, 0.2) is 42.6 Å². The third-order valence-electron chi connectivity index (χ3n) is 3.99. The highest BCUT2D eigenvalue weighted by molar-refractivity contribution is 7.15. The first kappa shape index (κ1) is 19.3. The van der Waals surface area contributed by atoms with Crippen molar-refractivity contribution in [1.29, 1.82) is 0 Å². The molecule has 3 rings (SSSR count). The molecule has 0 radical (unpaired) electrons. The molecule has 0 aliphatic rings. The number of nitrogen functional groups attached to an aromatic ring is 1. The molecule has 0 aliphatic carbocycles. The first-order valence-electron chi connectivity index (χ1n) is 8.66. The largest absolute Gasteiger partial charge is 0.374 e. The van der Waals surface area contributed by atoms with Crippen molar-refractivity contribution in [3.05, 3.63) is 63.8 Å². The Balaban J connectivity index is 1.42. The van der Waals surface area contributed by atoms with E-state index in [9.17, 15) is 4.79 Å². The van der Waals surface area contributed by atoms with E-state index in [0.29, 0.717) is 16.0 Å². The summed E-state index contributed by atoms with van der Waals surface area (Å²) in [5.41, 5.74) is 7.50. The molecule has 27 heavy (non-hydrogen) atoms. The predicted molar refractivity (Wildman–Crippen MR) is 109 cm³/mol. The quantitative estimate of drug-likeness (QED) is 0.558. The minimum Gasteiger partial charge on any atom is -0.374 e. The molecule has 0 bridgehead atoms. The normalized spacial score (nSPS) is 10.7. The maximum Gasteiger partial charge on any atom is 0.230 e. The standard InChI is InChI=1S/C19H20ClN5OS/c20-15-7-3-2-6-14(15)11-17(26)23-16-10-9-13(12-22-16)5-1-4-8-18-24-25-19(21)27-18/h2-3,6-7,9-10,12H,1,4-5,8,11H2,(H2,21,25)(H,22,23,26). The number of carbonyl (C=O) groups is 1. The molecule has 0 saturated heterocycles. The van der Waals surface area contributed by atoms with Gasteiger partial charge >= 0.3 is 0 Å². The molecular formula is C19H20ClN5OS. The van der Waals surface area contributed by atoms with E-state index in [2.05, 4.69) is 20.5 Å². The van der Waals surface area contributed by atoms with Crippen molar-refractivity contribution in [1.82, 2.24) is 15.2 Å². The van der Waals surface area contributed by atoms with Gasteiger partial charge < -0.3 is 11.1 Å². The number of aromatic nitrogens is 3. The van der Waals surface area contributed by atoms with Gasteiger partial charge in [0.2, 0.25) is 11.0 Å². The smallest absolute Gasteiger partial charge is 0.230 e. The number of halogens is 1. The SMILES string of the molecule is Nc1nnc(CCCCc2ccc(NC(=O)Cc3ccccc3Cl)nc2)s1. The lowest BCUT2D eigenvalue weighted by Gasteiger charge is -2.07. The van der Waals surface area contributed by atoms with Gasteiger partial charge in [-0.2, -0.15) is 0 Å². The number of amides is 1. The number of aryl methyl sites for hydroxylation is 2. The summed E-state index contributed by atoms with van der Waals surface area (Å²) >= 11 is 7.52. The number of hydrogen-bond donors (Lipinski definition) is 2. The van der Waals surface area contributed by atoms with Gasteiger partial charge in [0, 0.05) is 17.6 Å². The van der Waals surface area contributed by atoms with Gasteiger partial charge in [-0.3, -0.25) is 4.79 Å². The number of benzene rings is 1. The number of pyridine rings is 1. The van der Waals surface area contributed by atoms with Crippen molar-refractivity contribution in [2.45, 2.75) is 32.1 Å². The van der Waals surface area contributed by atoms with E-state index >= 15 is 0 Å². The first-order valence-corrected chi connectivity index (χ1v) is 9.85. The van der Waals surface area contributed by atoms with Crippen LogP contribution < -0.4 is 11.1 Å². The second kappa shape index (κ2) is 9.43. The number of nitrogens with zero attached hydrogens (tertiary/aromatic N) is 3. The Morgan fingerprint density at radius 3 is 2.63 bits per heavy atom. The predicted octanol–water partition coefficient (Wildman–Crippen LogP) is 3.92. The Morgan fingerprint density at radius 2 is 1.93 bits per heavy atom. The van der Waals surface area contributed by atoms with Crippen LogP contribution >= 0.6 is 22.9 Å². The van der Waals surface area contributed by atoms with E-state index in [-0.39, 0.29) is 12.3 Å². The molecular weight excluding hydrogens is 382 g/mol. The van der Waals surface area contributed by atoms with Crippen molar-refractivity contribution in [3.8, 4) is 0 Å². The zero-order valence-electron chi connectivity index (χ0n) is 14.7. The molecule has 2 aromatic heterocycles. The number of unbranched alkanes of at least 4 members (excludes halogenated alkanes) is 1. The number of nitrogens with one attached hydrogen (secondary N) is 1. The van der Waals surface area contributed by atoms with Crippen LogP contribution in [-0.2, 0) is 24.1 Å². The van der Waals surface area contributed by atoms with Crippen LogP contribution in [0.1, 0.15) is 29.0 Å². The van der Waals surface area contributed by atoms with Gasteiger partial charge in [0.1, 0.15) is 10.8 Å². The zero-order chi connectivity index (χ0) is 19.1. The van der Waals surface area contributed by atoms with E-state index in [0.717, 1.165) is 41.8 Å². The number of nitrogens with two attached hydrogens (primary N) is 1. The molecule has 3 aromatic rings. The van der Waals surface area contributed by atoms with E-state index < -0.39 is 0 Å². The van der Waals surface area contributed by atoms with Crippen molar-refractivity contribution < 1.29 is 4.79 Å². The molecule has 6 nitrogen and oxygen atoms in total. The Bertz CT molecular complexity index is 897. The summed E-state index contributed by atoms with van der Waals surface area (Å²) < 4.78 is 0. The molecule has 140 valence electrons. The van der Waals surface area contributed by atoms with Crippen LogP contribution in [0, 0.1) is 0 Å². The molecule has 3 N–H and O–H groups in total. The highest BCUT2D eigenvalue weighted by Crippen LogP contribution is 2.17. The fourth-order valence-electron chi connectivity index (χ4n) is 2.62. The fourth-order valence-corrected chi connectivity index (χ4v) is 3.47. The summed E-state index contributed by atoms with van der Waals surface area (Å²) in [7, 11) is 0. The van der Waals surface area contributed by atoms with Crippen LogP contribution in [0.25, 0.3) is 0 Å². The third kappa shape index (κ3) is 6.01. The van der Waals surface area contributed by atoms with Crippen LogP contribution in [0.2, 0.25) is 5.02 Å². The van der Waals surface area contributed by atoms with Crippen molar-refractivity contribution >= 4 is 39.8 Å². The molecule has 0 spiro atoms. The summed E-state index contributed by atoms with van der Waals surface area (Å²) in [6.45, 7) is 0. The minimum absolute atomic E-state index is 0.139. The van der Waals surface area contributed by atoms with E-state index in [1.807, 2.05) is 30.3 Å². The zero-order valence-corrected chi connectivity index (χ0v) is 16.3. The number of carbonyl (C=O) groups excluding carboxylic acids is 1. The molecule has 0 aliphatic heterocycles. The second-order valence-electron chi connectivity index (χ2n) is 6.11. The van der Waals surface area contributed by atoms with Crippen molar-refractivity contribution in [2.75, 3.05) is 11.1 Å². The number of rotatable bonds is 8. The maximum absolute atomic E-state index is 12.1. The Morgan fingerprint density at radius 1 is 1.11 bits per heavy atom. The third-order valence-corrected chi connectivity index (χ3v) is 5.17. The second-order valence-corrected chi connectivity index (χ2v) is 7.61. The van der Waals surface area contributed by atoms with Gasteiger partial charge in [-0.05, 0) is 42.5 Å². The van der Waals surface area contributed by atoms with Crippen LogP contribution in [0.4, 0.5) is 10.9 Å². The Hall–Kier alpha value is -2.51.